The predicted octanol–water partition coefficient (Wildman–Crippen LogP) is 2.68. The summed E-state index contributed by atoms with van der Waals surface area (Å²) in [5.74, 6) is -0.242. The summed E-state index contributed by atoms with van der Waals surface area (Å²) in [7, 11) is 0. The number of rotatable bonds is 4. The van der Waals surface area contributed by atoms with Crippen LogP contribution in [0.5, 0.6) is 0 Å². The van der Waals surface area contributed by atoms with E-state index in [0.717, 1.165) is 0 Å². The first-order chi connectivity index (χ1) is 6.79. The Kier molecular flexibility index (Phi) is 4.26. The van der Waals surface area contributed by atoms with Gasteiger partial charge >= 0.3 is 0 Å². The third-order valence-corrected chi connectivity index (χ3v) is 1.88. The minimum absolute atomic E-state index is 0.0154. The molecule has 0 aliphatic carbocycles. The number of alkyl halides is 1. The van der Waals surface area contributed by atoms with Gasteiger partial charge in [0.1, 0.15) is 0 Å². The molecule has 74 valence electrons. The van der Waals surface area contributed by atoms with Crippen molar-refractivity contribution in [2.45, 2.75) is 6.42 Å². The molecule has 0 aliphatic rings. The molecule has 0 unspecified atom stereocenters. The zero-order valence-electron chi connectivity index (χ0n) is 7.41. The Hall–Kier alpha value is -1.22. The molecule has 0 amide bonds. The fraction of sp³-hybridized carbons (Fsp3) is 0.200. The van der Waals surface area contributed by atoms with E-state index in [2.05, 4.69) is 4.98 Å². The summed E-state index contributed by atoms with van der Waals surface area (Å²) in [5, 5.41) is 0. The summed E-state index contributed by atoms with van der Waals surface area (Å²) >= 11 is 5.47. The monoisotopic (exact) mass is 213 g/mol. The van der Waals surface area contributed by atoms with Crippen LogP contribution in [0.1, 0.15) is 22.3 Å². The molecule has 0 spiro atoms. The summed E-state index contributed by atoms with van der Waals surface area (Å²) in [4.78, 5) is 13.9. The Morgan fingerprint density at radius 1 is 1.57 bits per heavy atom. The Balaban J connectivity index is 2.96. The van der Waals surface area contributed by atoms with Gasteiger partial charge in [-0.1, -0.05) is 12.2 Å². The molecule has 0 atom stereocenters. The Labute approximate surface area is 86.4 Å². The molecule has 0 radical (unpaired) electrons. The molecule has 1 aromatic heterocycles. The van der Waals surface area contributed by atoms with Gasteiger partial charge in [-0.05, 0) is 18.1 Å². The zero-order chi connectivity index (χ0) is 10.4. The predicted molar refractivity (Wildman–Crippen MR) is 54.0 cm³/mol. The molecule has 0 saturated heterocycles. The third kappa shape index (κ3) is 2.64. The summed E-state index contributed by atoms with van der Waals surface area (Å²) in [5.41, 5.74) is 0.510. The summed E-state index contributed by atoms with van der Waals surface area (Å²) in [6, 6.07) is 1.58. The molecule has 0 saturated carbocycles. The van der Waals surface area contributed by atoms with Crippen molar-refractivity contribution in [3.8, 4) is 0 Å². The quantitative estimate of drug-likeness (QED) is 0.437. The van der Waals surface area contributed by atoms with Gasteiger partial charge in [-0.25, -0.2) is 4.98 Å². The van der Waals surface area contributed by atoms with Gasteiger partial charge in [0.25, 0.3) is 0 Å². The van der Waals surface area contributed by atoms with Crippen LogP contribution in [0, 0.1) is 5.95 Å². The van der Waals surface area contributed by atoms with Crippen molar-refractivity contribution in [2.24, 2.45) is 0 Å². The molecule has 1 heterocycles. The first-order valence-corrected chi connectivity index (χ1v) is 4.65. The maximum Gasteiger partial charge on any atom is 0.224 e. The van der Waals surface area contributed by atoms with Crippen molar-refractivity contribution in [1.29, 1.82) is 0 Å². The standard InChI is InChI=1S/C10H9ClFNO/c11-5-2-1-3-8-4-6-13-10(12)9(8)7-14/h1,3-4,6-7H,2,5H2. The second-order valence-corrected chi connectivity index (χ2v) is 2.98. The van der Waals surface area contributed by atoms with Gasteiger partial charge in [-0.2, -0.15) is 4.39 Å². The van der Waals surface area contributed by atoms with Crippen LogP contribution >= 0.6 is 11.6 Å². The van der Waals surface area contributed by atoms with Crippen molar-refractivity contribution in [3.63, 3.8) is 0 Å². The first kappa shape index (κ1) is 10.9. The molecule has 0 aromatic carbocycles. The maximum absolute atomic E-state index is 13.0. The molecule has 0 fully saturated rings. The van der Waals surface area contributed by atoms with Gasteiger partial charge in [-0.3, -0.25) is 4.79 Å². The molecule has 4 heteroatoms. The van der Waals surface area contributed by atoms with E-state index >= 15 is 0 Å². The Morgan fingerprint density at radius 2 is 2.36 bits per heavy atom. The first-order valence-electron chi connectivity index (χ1n) is 4.11. The van der Waals surface area contributed by atoms with Crippen molar-refractivity contribution in [3.05, 3.63) is 35.4 Å². The molecule has 0 aliphatic heterocycles. The molecular weight excluding hydrogens is 205 g/mol. The van der Waals surface area contributed by atoms with E-state index in [9.17, 15) is 9.18 Å². The van der Waals surface area contributed by atoms with Crippen LogP contribution in [0.4, 0.5) is 4.39 Å². The molecule has 0 bridgehead atoms. The largest absolute Gasteiger partial charge is 0.298 e. The van der Waals surface area contributed by atoms with E-state index in [4.69, 9.17) is 11.6 Å². The molecule has 1 rings (SSSR count). The number of carbonyl (C=O) groups excluding carboxylic acids is 1. The Morgan fingerprint density at radius 3 is 3.00 bits per heavy atom. The van der Waals surface area contributed by atoms with Crippen LogP contribution in [0.25, 0.3) is 6.08 Å². The number of aldehydes is 1. The fourth-order valence-electron chi connectivity index (χ4n) is 0.997. The number of nitrogens with zero attached hydrogens (tertiary/aromatic N) is 1. The van der Waals surface area contributed by atoms with Gasteiger partial charge in [0.05, 0.1) is 5.56 Å². The third-order valence-electron chi connectivity index (χ3n) is 1.67. The van der Waals surface area contributed by atoms with Gasteiger partial charge in [0.2, 0.25) is 5.95 Å². The second-order valence-electron chi connectivity index (χ2n) is 2.60. The SMILES string of the molecule is O=Cc1c(C=CCCCl)ccnc1F. The number of allylic oxidation sites excluding steroid dienone is 1. The topological polar surface area (TPSA) is 30.0 Å². The van der Waals surface area contributed by atoms with Crippen LogP contribution in [-0.2, 0) is 0 Å². The summed E-state index contributed by atoms with van der Waals surface area (Å²) < 4.78 is 13.0. The minimum Gasteiger partial charge on any atom is -0.298 e. The smallest absolute Gasteiger partial charge is 0.224 e. The van der Waals surface area contributed by atoms with Gasteiger partial charge in [0, 0.05) is 12.1 Å². The summed E-state index contributed by atoms with van der Waals surface area (Å²) in [6.45, 7) is 0. The molecular formula is C10H9ClFNO. The molecule has 1 aromatic rings. The minimum atomic E-state index is -0.743. The van der Waals surface area contributed by atoms with E-state index in [-0.39, 0.29) is 5.56 Å². The lowest BCUT2D eigenvalue weighted by Gasteiger charge is -1.98. The lowest BCUT2D eigenvalue weighted by Crippen LogP contribution is -1.94. The van der Waals surface area contributed by atoms with E-state index in [1.54, 1.807) is 18.2 Å². The zero-order valence-corrected chi connectivity index (χ0v) is 8.17. The molecule has 2 nitrogen and oxygen atoms in total. The van der Waals surface area contributed by atoms with E-state index in [1.807, 2.05) is 0 Å². The number of hydrogen-bond donors (Lipinski definition) is 0. The lowest BCUT2D eigenvalue weighted by molar-refractivity contribution is 0.111. The van der Waals surface area contributed by atoms with Crippen LogP contribution in [0.3, 0.4) is 0 Å². The van der Waals surface area contributed by atoms with Gasteiger partial charge in [0.15, 0.2) is 6.29 Å². The number of pyridine rings is 1. The average Bonchev–Trinajstić information content (AvgIpc) is 2.18. The van der Waals surface area contributed by atoms with Crippen molar-refractivity contribution in [1.82, 2.24) is 4.98 Å². The van der Waals surface area contributed by atoms with E-state index < -0.39 is 5.95 Å². The summed E-state index contributed by atoms with van der Waals surface area (Å²) in [6.07, 6.45) is 5.92. The highest BCUT2D eigenvalue weighted by molar-refractivity contribution is 6.17. The van der Waals surface area contributed by atoms with Gasteiger partial charge in [-0.15, -0.1) is 11.6 Å². The van der Waals surface area contributed by atoms with Crippen molar-refractivity contribution < 1.29 is 9.18 Å². The van der Waals surface area contributed by atoms with Crippen molar-refractivity contribution in [2.75, 3.05) is 5.88 Å². The van der Waals surface area contributed by atoms with Crippen LogP contribution in [0.2, 0.25) is 0 Å². The fourth-order valence-corrected chi connectivity index (χ4v) is 1.12. The number of hydrogen-bond acceptors (Lipinski definition) is 2. The number of aromatic nitrogens is 1. The van der Waals surface area contributed by atoms with Crippen LogP contribution in [0.15, 0.2) is 18.3 Å². The average molecular weight is 214 g/mol. The molecule has 0 N–H and O–H groups in total. The van der Waals surface area contributed by atoms with E-state index in [0.29, 0.717) is 24.2 Å². The Bertz CT molecular complexity index is 352. The highest BCUT2D eigenvalue weighted by Gasteiger charge is 2.05. The number of carbonyl (C=O) groups is 1. The maximum atomic E-state index is 13.0. The van der Waals surface area contributed by atoms with Crippen molar-refractivity contribution >= 4 is 24.0 Å². The highest BCUT2D eigenvalue weighted by Crippen LogP contribution is 2.11. The second kappa shape index (κ2) is 5.50. The normalized spacial score (nSPS) is 10.7. The number of halogens is 2. The highest BCUT2D eigenvalue weighted by atomic mass is 35.5. The van der Waals surface area contributed by atoms with Crippen LogP contribution < -0.4 is 0 Å². The lowest BCUT2D eigenvalue weighted by atomic mass is 10.1. The van der Waals surface area contributed by atoms with E-state index in [1.165, 1.54) is 6.20 Å². The van der Waals surface area contributed by atoms with Gasteiger partial charge < -0.3 is 0 Å². The molecule has 14 heavy (non-hydrogen) atoms. The van der Waals surface area contributed by atoms with Crippen LogP contribution in [-0.4, -0.2) is 17.2 Å².